The fourth-order valence-corrected chi connectivity index (χ4v) is 4.01. The van der Waals surface area contributed by atoms with Gasteiger partial charge in [0.25, 0.3) is 0 Å². The van der Waals surface area contributed by atoms with E-state index in [-0.39, 0.29) is 29.6 Å². The third kappa shape index (κ3) is 4.20. The molecule has 4 rings (SSSR count). The van der Waals surface area contributed by atoms with E-state index in [0.29, 0.717) is 44.2 Å². The molecule has 3 heterocycles. The lowest BCUT2D eigenvalue weighted by Gasteiger charge is -2.34. The van der Waals surface area contributed by atoms with Crippen LogP contribution >= 0.6 is 12.4 Å². The number of carbonyl (C=O) groups excluding carboxylic acids is 2. The van der Waals surface area contributed by atoms with Gasteiger partial charge in [-0.3, -0.25) is 9.59 Å². The Labute approximate surface area is 171 Å². The predicted molar refractivity (Wildman–Crippen MR) is 108 cm³/mol. The number of piperidine rings is 1. The Morgan fingerprint density at radius 1 is 1.25 bits per heavy atom. The van der Waals surface area contributed by atoms with Crippen molar-refractivity contribution in [1.82, 2.24) is 10.6 Å². The lowest BCUT2D eigenvalue weighted by Crippen LogP contribution is -2.45. The molecule has 2 N–H and O–H groups in total. The first-order valence-corrected chi connectivity index (χ1v) is 9.75. The van der Waals surface area contributed by atoms with Gasteiger partial charge in [0.1, 0.15) is 19.1 Å². The number of rotatable bonds is 4. The van der Waals surface area contributed by atoms with Crippen molar-refractivity contribution in [1.29, 1.82) is 0 Å². The summed E-state index contributed by atoms with van der Waals surface area (Å²) in [7, 11) is 0. The summed E-state index contributed by atoms with van der Waals surface area (Å²) >= 11 is 0. The molecule has 1 aromatic rings. The van der Waals surface area contributed by atoms with Crippen molar-refractivity contribution in [3.05, 3.63) is 18.2 Å². The molecule has 2 amide bonds. The first-order valence-electron chi connectivity index (χ1n) is 9.75. The smallest absolute Gasteiger partial charge is 0.239 e. The molecule has 0 radical (unpaired) electrons. The van der Waals surface area contributed by atoms with E-state index in [1.165, 1.54) is 0 Å². The molecule has 3 aliphatic rings. The minimum absolute atomic E-state index is 0. The van der Waals surface area contributed by atoms with Crippen LogP contribution in [0.2, 0.25) is 0 Å². The van der Waals surface area contributed by atoms with Crippen molar-refractivity contribution in [2.45, 2.75) is 26.2 Å². The molecule has 1 unspecified atom stereocenters. The van der Waals surface area contributed by atoms with E-state index < -0.39 is 5.92 Å². The summed E-state index contributed by atoms with van der Waals surface area (Å²) in [5.74, 6) is 0.447. The summed E-state index contributed by atoms with van der Waals surface area (Å²) < 4.78 is 11.1. The SMILES string of the molecule is CC1(CNC(=O)C2CCN(c3ccc4c(c3)OCCO4)C2=O)CCNCC1.Cl. The van der Waals surface area contributed by atoms with Crippen LogP contribution in [0, 0.1) is 11.3 Å². The first kappa shape index (κ1) is 20.7. The monoisotopic (exact) mass is 409 g/mol. The van der Waals surface area contributed by atoms with Gasteiger partial charge in [0.2, 0.25) is 11.8 Å². The molecule has 2 saturated heterocycles. The Morgan fingerprint density at radius 3 is 2.71 bits per heavy atom. The van der Waals surface area contributed by atoms with E-state index in [9.17, 15) is 9.59 Å². The highest BCUT2D eigenvalue weighted by atomic mass is 35.5. The van der Waals surface area contributed by atoms with Crippen LogP contribution in [0.3, 0.4) is 0 Å². The first-order chi connectivity index (χ1) is 13.1. The van der Waals surface area contributed by atoms with E-state index in [0.717, 1.165) is 31.6 Å². The number of amides is 2. The third-order valence-electron chi connectivity index (χ3n) is 5.86. The second kappa shape index (κ2) is 8.57. The van der Waals surface area contributed by atoms with Crippen LogP contribution in [0.5, 0.6) is 11.5 Å². The maximum atomic E-state index is 12.8. The van der Waals surface area contributed by atoms with Crippen LogP contribution in [0.25, 0.3) is 0 Å². The van der Waals surface area contributed by atoms with Crippen molar-refractivity contribution >= 4 is 29.9 Å². The average Bonchev–Trinajstić information content (AvgIpc) is 3.08. The minimum atomic E-state index is -0.608. The van der Waals surface area contributed by atoms with Gasteiger partial charge < -0.3 is 25.0 Å². The number of fused-ring (bicyclic) bond motifs is 1. The molecular weight excluding hydrogens is 382 g/mol. The molecule has 2 fully saturated rings. The van der Waals surface area contributed by atoms with E-state index in [1.54, 1.807) is 4.90 Å². The molecule has 0 aromatic heterocycles. The van der Waals surface area contributed by atoms with Gasteiger partial charge in [-0.15, -0.1) is 12.4 Å². The zero-order chi connectivity index (χ0) is 18.9. The van der Waals surface area contributed by atoms with Crippen molar-refractivity contribution in [2.24, 2.45) is 11.3 Å². The van der Waals surface area contributed by atoms with Crippen molar-refractivity contribution in [3.8, 4) is 11.5 Å². The number of hydrogen-bond donors (Lipinski definition) is 2. The largest absolute Gasteiger partial charge is 0.486 e. The van der Waals surface area contributed by atoms with E-state index >= 15 is 0 Å². The van der Waals surface area contributed by atoms with Gasteiger partial charge in [0.15, 0.2) is 11.5 Å². The van der Waals surface area contributed by atoms with Gasteiger partial charge in [-0.25, -0.2) is 0 Å². The van der Waals surface area contributed by atoms with Gasteiger partial charge >= 0.3 is 0 Å². The van der Waals surface area contributed by atoms with Crippen LogP contribution in [-0.4, -0.2) is 51.2 Å². The second-order valence-corrected chi connectivity index (χ2v) is 7.94. The number of carbonyl (C=O) groups is 2. The Balaban J connectivity index is 0.00000225. The van der Waals surface area contributed by atoms with Gasteiger partial charge in [-0.1, -0.05) is 6.92 Å². The highest BCUT2D eigenvalue weighted by molar-refractivity contribution is 6.09. The van der Waals surface area contributed by atoms with Crippen LogP contribution in [0.1, 0.15) is 26.2 Å². The summed E-state index contributed by atoms with van der Waals surface area (Å²) in [5.41, 5.74) is 0.864. The second-order valence-electron chi connectivity index (χ2n) is 7.94. The lowest BCUT2D eigenvalue weighted by molar-refractivity contribution is -0.132. The number of nitrogens with zero attached hydrogens (tertiary/aromatic N) is 1. The topological polar surface area (TPSA) is 79.9 Å². The van der Waals surface area contributed by atoms with Gasteiger partial charge in [-0.2, -0.15) is 0 Å². The number of nitrogens with one attached hydrogen (secondary N) is 2. The Kier molecular flexibility index (Phi) is 6.35. The quantitative estimate of drug-likeness (QED) is 0.740. The molecule has 0 aliphatic carbocycles. The van der Waals surface area contributed by atoms with Crippen LogP contribution in [0.15, 0.2) is 18.2 Å². The average molecular weight is 410 g/mol. The number of halogens is 1. The molecule has 1 atom stereocenters. The summed E-state index contributed by atoms with van der Waals surface area (Å²) in [4.78, 5) is 27.1. The molecule has 0 spiro atoms. The minimum Gasteiger partial charge on any atom is -0.486 e. The molecule has 7 nitrogen and oxygen atoms in total. The molecule has 0 saturated carbocycles. The van der Waals surface area contributed by atoms with Gasteiger partial charge in [0.05, 0.1) is 0 Å². The normalized spacial score (nSPS) is 23.1. The van der Waals surface area contributed by atoms with E-state index in [1.807, 2.05) is 18.2 Å². The summed E-state index contributed by atoms with van der Waals surface area (Å²) in [6.45, 7) is 6.36. The van der Waals surface area contributed by atoms with Gasteiger partial charge in [-0.05, 0) is 49.9 Å². The Bertz CT molecular complexity index is 736. The standard InChI is InChI=1S/C20H27N3O4.ClH/c1-20(5-7-21-8-6-20)13-22-18(24)15-4-9-23(19(15)25)14-2-3-16-17(12-14)27-11-10-26-16;/h2-3,12,15,21H,4-11,13H2,1H3,(H,22,24);1H. The maximum Gasteiger partial charge on any atom is 0.239 e. The Morgan fingerprint density at radius 2 is 1.96 bits per heavy atom. The zero-order valence-electron chi connectivity index (χ0n) is 16.2. The molecule has 154 valence electrons. The summed E-state index contributed by atoms with van der Waals surface area (Å²) in [6, 6.07) is 5.49. The highest BCUT2D eigenvalue weighted by Gasteiger charge is 2.38. The fraction of sp³-hybridized carbons (Fsp3) is 0.600. The van der Waals surface area contributed by atoms with E-state index in [4.69, 9.17) is 9.47 Å². The van der Waals surface area contributed by atoms with Crippen LogP contribution < -0.4 is 25.0 Å². The van der Waals surface area contributed by atoms with Crippen molar-refractivity contribution in [3.63, 3.8) is 0 Å². The fourth-order valence-electron chi connectivity index (χ4n) is 4.01. The Hall–Kier alpha value is -1.99. The third-order valence-corrected chi connectivity index (χ3v) is 5.86. The summed E-state index contributed by atoms with van der Waals surface area (Å²) in [5, 5.41) is 6.37. The molecule has 8 heteroatoms. The molecule has 0 bridgehead atoms. The number of benzene rings is 1. The molecule has 1 aromatic carbocycles. The van der Waals surface area contributed by atoms with Gasteiger partial charge in [0, 0.05) is 24.8 Å². The number of anilines is 1. The van der Waals surface area contributed by atoms with Crippen LogP contribution in [0.4, 0.5) is 5.69 Å². The molecular formula is C20H28ClN3O4. The highest BCUT2D eigenvalue weighted by Crippen LogP contribution is 2.36. The summed E-state index contributed by atoms with van der Waals surface area (Å²) in [6.07, 6.45) is 2.61. The predicted octanol–water partition coefficient (Wildman–Crippen LogP) is 1.74. The van der Waals surface area contributed by atoms with Crippen molar-refractivity contribution < 1.29 is 19.1 Å². The lowest BCUT2D eigenvalue weighted by atomic mass is 9.81. The zero-order valence-corrected chi connectivity index (χ0v) is 17.0. The molecule has 28 heavy (non-hydrogen) atoms. The van der Waals surface area contributed by atoms with E-state index in [2.05, 4.69) is 17.6 Å². The van der Waals surface area contributed by atoms with Crippen LogP contribution in [-0.2, 0) is 9.59 Å². The maximum absolute atomic E-state index is 12.8. The number of hydrogen-bond acceptors (Lipinski definition) is 5. The molecule has 3 aliphatic heterocycles. The number of ether oxygens (including phenoxy) is 2. The van der Waals surface area contributed by atoms with Crippen molar-refractivity contribution in [2.75, 3.05) is 44.3 Å².